The summed E-state index contributed by atoms with van der Waals surface area (Å²) in [5, 5.41) is 8.59. The van der Waals surface area contributed by atoms with E-state index >= 15 is 0 Å². The molecular weight excluding hydrogens is 424 g/mol. The number of nitrogens with two attached hydrogens (primary N) is 1. The van der Waals surface area contributed by atoms with Gasteiger partial charge in [0.1, 0.15) is 18.6 Å². The zero-order chi connectivity index (χ0) is 23.4. The number of β-lactam (4-membered cyclic amide) rings is 1. The van der Waals surface area contributed by atoms with Crippen molar-refractivity contribution in [1.29, 1.82) is 0 Å². The molecule has 5 amide bonds. The summed E-state index contributed by atoms with van der Waals surface area (Å²) in [4.78, 5) is 53.9. The van der Waals surface area contributed by atoms with Crippen LogP contribution in [-0.4, -0.2) is 53.9 Å². The smallest absolute Gasteiger partial charge is 0.312 e. The van der Waals surface area contributed by atoms with Crippen LogP contribution in [0.4, 0.5) is 10.5 Å². The molecule has 33 heavy (non-hydrogen) atoms. The van der Waals surface area contributed by atoms with Crippen LogP contribution in [0.3, 0.4) is 0 Å². The molecule has 2 aromatic carbocycles. The van der Waals surface area contributed by atoms with Gasteiger partial charge in [-0.05, 0) is 23.8 Å². The fourth-order valence-electron chi connectivity index (χ4n) is 3.77. The molecule has 1 aliphatic rings. The van der Waals surface area contributed by atoms with Crippen molar-refractivity contribution in [3.63, 3.8) is 0 Å². The number of aromatic nitrogens is 1. The molecule has 10 nitrogen and oxygen atoms in total. The number of rotatable bonds is 8. The third-order valence-corrected chi connectivity index (χ3v) is 5.48. The molecule has 0 saturated carbocycles. The zero-order valence-electron chi connectivity index (χ0n) is 17.7. The second kappa shape index (κ2) is 9.43. The Hall–Kier alpha value is -4.34. The predicted molar refractivity (Wildman–Crippen MR) is 122 cm³/mol. The number of hydrogen-bond acceptors (Lipinski definition) is 4. The first-order valence-electron chi connectivity index (χ1n) is 10.5. The van der Waals surface area contributed by atoms with Crippen LogP contribution in [0, 0.1) is 0 Å². The van der Waals surface area contributed by atoms with Crippen LogP contribution in [0.2, 0.25) is 0 Å². The number of urea groups is 1. The maximum Gasteiger partial charge on any atom is 0.312 e. The Kier molecular flexibility index (Phi) is 6.25. The summed E-state index contributed by atoms with van der Waals surface area (Å²) in [6, 6.07) is 13.8. The summed E-state index contributed by atoms with van der Waals surface area (Å²) in [7, 11) is 0. The summed E-state index contributed by atoms with van der Waals surface area (Å²) in [6.45, 7) is 0.0216. The van der Waals surface area contributed by atoms with Crippen molar-refractivity contribution in [3.05, 3.63) is 66.4 Å². The average molecular weight is 448 g/mol. The van der Waals surface area contributed by atoms with Crippen LogP contribution < -0.4 is 26.6 Å². The number of fused-ring (bicyclic) bond motifs is 1. The molecule has 3 aromatic rings. The summed E-state index contributed by atoms with van der Waals surface area (Å²) in [5.74, 6) is -1.26. The molecular formula is C23H24N6O4. The molecule has 6 N–H and O–H groups in total. The lowest BCUT2D eigenvalue weighted by molar-refractivity contribution is -0.133. The van der Waals surface area contributed by atoms with E-state index in [0.717, 1.165) is 16.5 Å². The van der Waals surface area contributed by atoms with Crippen molar-refractivity contribution in [2.45, 2.75) is 18.5 Å². The Morgan fingerprint density at radius 1 is 1.09 bits per heavy atom. The van der Waals surface area contributed by atoms with Gasteiger partial charge in [0, 0.05) is 35.8 Å². The van der Waals surface area contributed by atoms with Crippen molar-refractivity contribution < 1.29 is 19.2 Å². The van der Waals surface area contributed by atoms with Crippen LogP contribution in [-0.2, 0) is 20.8 Å². The lowest BCUT2D eigenvalue weighted by atomic mass is 10.0. The van der Waals surface area contributed by atoms with E-state index in [1.54, 1.807) is 36.5 Å². The highest BCUT2D eigenvalue weighted by atomic mass is 16.2. The molecule has 1 aliphatic heterocycles. The summed E-state index contributed by atoms with van der Waals surface area (Å²) in [6.07, 6.45) is 1.95. The van der Waals surface area contributed by atoms with Gasteiger partial charge in [-0.2, -0.15) is 0 Å². The van der Waals surface area contributed by atoms with Gasteiger partial charge in [0.15, 0.2) is 0 Å². The van der Waals surface area contributed by atoms with Crippen LogP contribution in [0.25, 0.3) is 10.9 Å². The monoisotopic (exact) mass is 448 g/mol. The number of primary amides is 1. The third-order valence-electron chi connectivity index (χ3n) is 5.48. The van der Waals surface area contributed by atoms with E-state index in [0.29, 0.717) is 12.2 Å². The second-order valence-corrected chi connectivity index (χ2v) is 7.75. The standard InChI is InChI=1S/C23H24N6O4/c24-23(33)28-18(10-14-11-25-17-9-5-4-8-16(14)17)22(32)29(15-6-2-1-3-7-15)13-20(30)27-19-12-26-21(19)31/h1-9,11,18-19,25H,10,12-13H2,(H,26,31)(H,27,30)(H3,24,28,33). The molecule has 2 atom stereocenters. The topological polar surface area (TPSA) is 149 Å². The highest BCUT2D eigenvalue weighted by Gasteiger charge is 2.32. The van der Waals surface area contributed by atoms with Gasteiger partial charge in [0.25, 0.3) is 0 Å². The first-order chi connectivity index (χ1) is 15.9. The number of amides is 5. The number of H-pyrrole nitrogens is 1. The lowest BCUT2D eigenvalue weighted by Gasteiger charge is -2.30. The molecule has 1 saturated heterocycles. The third kappa shape index (κ3) is 4.95. The van der Waals surface area contributed by atoms with Gasteiger partial charge in [-0.15, -0.1) is 0 Å². The number of nitrogens with zero attached hydrogens (tertiary/aromatic N) is 1. The fraction of sp³-hybridized carbons (Fsp3) is 0.217. The van der Waals surface area contributed by atoms with Crippen molar-refractivity contribution in [3.8, 4) is 0 Å². The summed E-state index contributed by atoms with van der Waals surface area (Å²) in [5.41, 5.74) is 7.56. The molecule has 10 heteroatoms. The van der Waals surface area contributed by atoms with Gasteiger partial charge < -0.3 is 31.6 Å². The maximum atomic E-state index is 13.6. The van der Waals surface area contributed by atoms with Crippen molar-refractivity contribution in [2.75, 3.05) is 18.0 Å². The Labute approximate surface area is 189 Å². The molecule has 2 heterocycles. The molecule has 2 unspecified atom stereocenters. The number of aromatic amines is 1. The van der Waals surface area contributed by atoms with E-state index in [9.17, 15) is 19.2 Å². The predicted octanol–water partition coefficient (Wildman–Crippen LogP) is 0.395. The highest BCUT2D eigenvalue weighted by Crippen LogP contribution is 2.21. The van der Waals surface area contributed by atoms with Gasteiger partial charge in [-0.25, -0.2) is 4.79 Å². The number of para-hydroxylation sites is 2. The summed E-state index contributed by atoms with van der Waals surface area (Å²) < 4.78 is 0. The number of anilines is 1. The van der Waals surface area contributed by atoms with Crippen molar-refractivity contribution >= 4 is 40.3 Å². The minimum Gasteiger partial charge on any atom is -0.361 e. The SMILES string of the molecule is NC(=O)NC(Cc1c[nH]c2ccccc12)C(=O)N(CC(=O)NC1CNC1=O)c1ccccc1. The van der Waals surface area contributed by atoms with Crippen LogP contribution >= 0.6 is 0 Å². The van der Waals surface area contributed by atoms with Gasteiger partial charge in [-0.1, -0.05) is 36.4 Å². The van der Waals surface area contributed by atoms with Crippen LogP contribution in [0.1, 0.15) is 5.56 Å². The number of carbonyl (C=O) groups excluding carboxylic acids is 4. The minimum absolute atomic E-state index is 0.168. The molecule has 0 radical (unpaired) electrons. The lowest BCUT2D eigenvalue weighted by Crippen LogP contribution is -2.63. The number of carbonyl (C=O) groups is 4. The van der Waals surface area contributed by atoms with Gasteiger partial charge in [0.2, 0.25) is 17.7 Å². The Bertz CT molecular complexity index is 1190. The van der Waals surface area contributed by atoms with E-state index < -0.39 is 29.9 Å². The number of benzene rings is 2. The van der Waals surface area contributed by atoms with Gasteiger partial charge in [0.05, 0.1) is 0 Å². The zero-order valence-corrected chi connectivity index (χ0v) is 17.7. The van der Waals surface area contributed by atoms with Crippen molar-refractivity contribution in [1.82, 2.24) is 20.9 Å². The minimum atomic E-state index is -1.01. The molecule has 0 bridgehead atoms. The van der Waals surface area contributed by atoms with Crippen LogP contribution in [0.5, 0.6) is 0 Å². The Morgan fingerprint density at radius 3 is 2.48 bits per heavy atom. The van der Waals surface area contributed by atoms with E-state index in [4.69, 9.17) is 5.73 Å². The molecule has 0 spiro atoms. The molecule has 4 rings (SSSR count). The number of hydrogen-bond donors (Lipinski definition) is 5. The molecule has 1 fully saturated rings. The molecule has 0 aliphatic carbocycles. The molecule has 1 aromatic heterocycles. The first-order valence-corrected chi connectivity index (χ1v) is 10.5. The van der Waals surface area contributed by atoms with Crippen LogP contribution in [0.15, 0.2) is 60.8 Å². The van der Waals surface area contributed by atoms with E-state index in [1.165, 1.54) is 4.90 Å². The Morgan fingerprint density at radius 2 is 1.82 bits per heavy atom. The van der Waals surface area contributed by atoms with E-state index in [2.05, 4.69) is 20.9 Å². The average Bonchev–Trinajstić information content (AvgIpc) is 3.22. The number of nitrogens with one attached hydrogen (secondary N) is 4. The van der Waals surface area contributed by atoms with Gasteiger partial charge in [-0.3, -0.25) is 14.4 Å². The largest absolute Gasteiger partial charge is 0.361 e. The highest BCUT2D eigenvalue weighted by molar-refractivity contribution is 6.04. The molecule has 170 valence electrons. The normalized spacial score (nSPS) is 15.8. The second-order valence-electron chi connectivity index (χ2n) is 7.75. The van der Waals surface area contributed by atoms with E-state index in [-0.39, 0.29) is 18.9 Å². The van der Waals surface area contributed by atoms with E-state index in [1.807, 2.05) is 24.3 Å². The fourth-order valence-corrected chi connectivity index (χ4v) is 3.77. The van der Waals surface area contributed by atoms with Crippen molar-refractivity contribution in [2.24, 2.45) is 5.73 Å². The summed E-state index contributed by atoms with van der Waals surface area (Å²) >= 11 is 0. The van der Waals surface area contributed by atoms with Gasteiger partial charge >= 0.3 is 6.03 Å². The first kappa shape index (κ1) is 21.9. The quantitative estimate of drug-likeness (QED) is 0.317. The maximum absolute atomic E-state index is 13.6. The Balaban J connectivity index is 1.59.